The maximum absolute atomic E-state index is 4.33. The average molecular weight is 279 g/mol. The standard InChI is InChI=1S/C15H25N3S/c1-4-6-16-10-14-5-7-17-11-15(14)18-8-9-19-13(3)12(18)2/h5,7,11-13,16H,4,6,8-10H2,1-3H3. The maximum atomic E-state index is 4.33. The normalized spacial score (nSPS) is 23.6. The van der Waals surface area contributed by atoms with Crippen molar-refractivity contribution in [3.63, 3.8) is 0 Å². The van der Waals surface area contributed by atoms with E-state index in [1.165, 1.54) is 23.4 Å². The molecule has 0 radical (unpaired) electrons. The topological polar surface area (TPSA) is 28.2 Å². The van der Waals surface area contributed by atoms with Crippen LogP contribution in [0, 0.1) is 0 Å². The van der Waals surface area contributed by atoms with Crippen LogP contribution in [0.3, 0.4) is 0 Å². The minimum Gasteiger partial charge on any atom is -0.365 e. The quantitative estimate of drug-likeness (QED) is 0.839. The third kappa shape index (κ3) is 3.63. The van der Waals surface area contributed by atoms with Crippen LogP contribution in [-0.4, -0.2) is 35.1 Å². The summed E-state index contributed by atoms with van der Waals surface area (Å²) in [5, 5.41) is 4.18. The van der Waals surface area contributed by atoms with Crippen LogP contribution < -0.4 is 10.2 Å². The van der Waals surface area contributed by atoms with Crippen molar-refractivity contribution in [3.8, 4) is 0 Å². The number of hydrogen-bond acceptors (Lipinski definition) is 4. The van der Waals surface area contributed by atoms with Gasteiger partial charge in [-0.25, -0.2) is 0 Å². The van der Waals surface area contributed by atoms with Crippen LogP contribution in [0.5, 0.6) is 0 Å². The molecule has 1 fully saturated rings. The van der Waals surface area contributed by atoms with Gasteiger partial charge in [0.2, 0.25) is 0 Å². The highest BCUT2D eigenvalue weighted by molar-refractivity contribution is 8.00. The molecule has 0 aliphatic carbocycles. The van der Waals surface area contributed by atoms with E-state index in [0.717, 1.165) is 19.6 Å². The van der Waals surface area contributed by atoms with Crippen molar-refractivity contribution in [3.05, 3.63) is 24.0 Å². The van der Waals surface area contributed by atoms with Crippen molar-refractivity contribution in [1.29, 1.82) is 0 Å². The largest absolute Gasteiger partial charge is 0.365 e. The summed E-state index contributed by atoms with van der Waals surface area (Å²) >= 11 is 2.07. The zero-order chi connectivity index (χ0) is 13.7. The lowest BCUT2D eigenvalue weighted by Crippen LogP contribution is -2.45. The van der Waals surface area contributed by atoms with E-state index in [4.69, 9.17) is 0 Å². The summed E-state index contributed by atoms with van der Waals surface area (Å²) in [6.45, 7) is 9.99. The average Bonchev–Trinajstić information content (AvgIpc) is 2.43. The first-order chi connectivity index (χ1) is 9.24. The Bertz CT molecular complexity index is 397. The molecule has 4 heteroatoms. The van der Waals surface area contributed by atoms with E-state index in [0.29, 0.717) is 11.3 Å². The molecule has 1 aromatic heterocycles. The summed E-state index contributed by atoms with van der Waals surface area (Å²) in [5.41, 5.74) is 2.68. The Morgan fingerprint density at radius 2 is 2.32 bits per heavy atom. The minimum absolute atomic E-state index is 0.577. The van der Waals surface area contributed by atoms with E-state index in [2.05, 4.69) is 53.8 Å². The molecule has 2 unspecified atom stereocenters. The summed E-state index contributed by atoms with van der Waals surface area (Å²) in [4.78, 5) is 6.86. The maximum Gasteiger partial charge on any atom is 0.0601 e. The lowest BCUT2D eigenvalue weighted by Gasteiger charge is -2.40. The molecule has 0 aromatic carbocycles. The van der Waals surface area contributed by atoms with Gasteiger partial charge >= 0.3 is 0 Å². The van der Waals surface area contributed by atoms with Gasteiger partial charge in [-0.05, 0) is 31.5 Å². The van der Waals surface area contributed by atoms with Crippen molar-refractivity contribution in [2.45, 2.75) is 45.0 Å². The van der Waals surface area contributed by atoms with E-state index < -0.39 is 0 Å². The van der Waals surface area contributed by atoms with Crippen molar-refractivity contribution >= 4 is 17.4 Å². The summed E-state index contributed by atoms with van der Waals surface area (Å²) in [5.74, 6) is 1.21. The van der Waals surface area contributed by atoms with Crippen LogP contribution in [0.25, 0.3) is 0 Å². The van der Waals surface area contributed by atoms with Gasteiger partial charge in [-0.3, -0.25) is 4.98 Å². The van der Waals surface area contributed by atoms with Crippen molar-refractivity contribution < 1.29 is 0 Å². The highest BCUT2D eigenvalue weighted by atomic mass is 32.2. The van der Waals surface area contributed by atoms with E-state index in [1.54, 1.807) is 0 Å². The summed E-state index contributed by atoms with van der Waals surface area (Å²) < 4.78 is 0. The highest BCUT2D eigenvalue weighted by Gasteiger charge is 2.26. The fourth-order valence-corrected chi connectivity index (χ4v) is 3.60. The highest BCUT2D eigenvalue weighted by Crippen LogP contribution is 2.30. The molecule has 1 saturated heterocycles. The third-order valence-electron chi connectivity index (χ3n) is 3.82. The molecule has 1 aliphatic rings. The van der Waals surface area contributed by atoms with Gasteiger partial charge in [-0.2, -0.15) is 11.8 Å². The van der Waals surface area contributed by atoms with Crippen LogP contribution in [0.4, 0.5) is 5.69 Å². The second kappa shape index (κ2) is 7.15. The second-order valence-corrected chi connectivity index (χ2v) is 6.68. The van der Waals surface area contributed by atoms with Crippen molar-refractivity contribution in [2.24, 2.45) is 0 Å². The molecular formula is C15H25N3S. The Morgan fingerprint density at radius 1 is 1.47 bits per heavy atom. The van der Waals surface area contributed by atoms with E-state index in [9.17, 15) is 0 Å². The Labute approximate surface area is 121 Å². The Kier molecular flexibility index (Phi) is 5.52. The fourth-order valence-electron chi connectivity index (χ4n) is 2.50. The van der Waals surface area contributed by atoms with Crippen molar-refractivity contribution in [2.75, 3.05) is 23.7 Å². The molecule has 0 saturated carbocycles. The number of nitrogens with zero attached hydrogens (tertiary/aromatic N) is 2. The second-order valence-electron chi connectivity index (χ2n) is 5.19. The molecule has 1 N–H and O–H groups in total. The minimum atomic E-state index is 0.577. The lowest BCUT2D eigenvalue weighted by atomic mass is 10.1. The molecular weight excluding hydrogens is 254 g/mol. The molecule has 1 aliphatic heterocycles. The molecule has 106 valence electrons. The number of nitrogens with one attached hydrogen (secondary N) is 1. The number of thioether (sulfide) groups is 1. The molecule has 3 nitrogen and oxygen atoms in total. The first kappa shape index (κ1) is 14.7. The Morgan fingerprint density at radius 3 is 3.11 bits per heavy atom. The number of anilines is 1. The number of pyridine rings is 1. The third-order valence-corrected chi connectivity index (χ3v) is 5.16. The zero-order valence-corrected chi connectivity index (χ0v) is 13.0. The number of hydrogen-bond donors (Lipinski definition) is 1. The van der Waals surface area contributed by atoms with Crippen LogP contribution >= 0.6 is 11.8 Å². The van der Waals surface area contributed by atoms with E-state index >= 15 is 0 Å². The summed E-state index contributed by atoms with van der Waals surface area (Å²) in [6.07, 6.45) is 5.11. The molecule has 2 heterocycles. The molecule has 0 bridgehead atoms. The summed E-state index contributed by atoms with van der Waals surface area (Å²) in [7, 11) is 0. The Hall–Kier alpha value is -0.740. The van der Waals surface area contributed by atoms with Gasteiger partial charge in [0.05, 0.1) is 11.9 Å². The predicted octanol–water partition coefficient (Wildman–Crippen LogP) is 2.91. The van der Waals surface area contributed by atoms with E-state index in [1.807, 2.05) is 12.4 Å². The fraction of sp³-hybridized carbons (Fsp3) is 0.667. The number of aromatic nitrogens is 1. The van der Waals surface area contributed by atoms with Gasteiger partial charge in [0.25, 0.3) is 0 Å². The van der Waals surface area contributed by atoms with Gasteiger partial charge in [-0.1, -0.05) is 13.8 Å². The van der Waals surface area contributed by atoms with Crippen LogP contribution in [0.15, 0.2) is 18.5 Å². The SMILES string of the molecule is CCCNCc1ccncc1N1CCSC(C)C1C. The van der Waals surface area contributed by atoms with E-state index in [-0.39, 0.29) is 0 Å². The monoisotopic (exact) mass is 279 g/mol. The predicted molar refractivity (Wildman–Crippen MR) is 85.0 cm³/mol. The first-order valence-electron chi connectivity index (χ1n) is 7.26. The van der Waals surface area contributed by atoms with Crippen LogP contribution in [0.2, 0.25) is 0 Å². The molecule has 2 rings (SSSR count). The van der Waals surface area contributed by atoms with Gasteiger partial charge in [0.1, 0.15) is 0 Å². The van der Waals surface area contributed by atoms with Gasteiger partial charge in [0, 0.05) is 36.3 Å². The molecule has 2 atom stereocenters. The smallest absolute Gasteiger partial charge is 0.0601 e. The Balaban J connectivity index is 2.13. The first-order valence-corrected chi connectivity index (χ1v) is 8.30. The van der Waals surface area contributed by atoms with Crippen LogP contribution in [0.1, 0.15) is 32.8 Å². The number of rotatable bonds is 5. The molecule has 19 heavy (non-hydrogen) atoms. The summed E-state index contributed by atoms with van der Waals surface area (Å²) in [6, 6.07) is 2.73. The van der Waals surface area contributed by atoms with Gasteiger partial charge < -0.3 is 10.2 Å². The lowest BCUT2D eigenvalue weighted by molar-refractivity contribution is 0.617. The van der Waals surface area contributed by atoms with Crippen LogP contribution in [-0.2, 0) is 6.54 Å². The van der Waals surface area contributed by atoms with Gasteiger partial charge in [-0.15, -0.1) is 0 Å². The van der Waals surface area contributed by atoms with Gasteiger partial charge in [0.15, 0.2) is 0 Å². The molecule has 1 aromatic rings. The van der Waals surface area contributed by atoms with Crippen molar-refractivity contribution in [1.82, 2.24) is 10.3 Å². The zero-order valence-electron chi connectivity index (χ0n) is 12.2. The molecule has 0 spiro atoms. The molecule has 0 amide bonds.